The van der Waals surface area contributed by atoms with Gasteiger partial charge in [-0.3, -0.25) is 0 Å². The van der Waals surface area contributed by atoms with E-state index in [0.717, 1.165) is 30.8 Å². The summed E-state index contributed by atoms with van der Waals surface area (Å²) >= 11 is 0. The molecule has 1 saturated heterocycles. The molecule has 0 bridgehead atoms. The average Bonchev–Trinajstić information content (AvgIpc) is 2.74. The second-order valence-corrected chi connectivity index (χ2v) is 4.41. The number of carbonyl (C=O) groups is 1. The summed E-state index contributed by atoms with van der Waals surface area (Å²) in [7, 11) is 1.62. The van der Waals surface area contributed by atoms with Crippen LogP contribution in [-0.2, 0) is 11.3 Å². The van der Waals surface area contributed by atoms with Crippen LogP contribution < -0.4 is 10.1 Å². The maximum atomic E-state index is 11.9. The Balaban J connectivity index is 1.81. The Morgan fingerprint density at radius 3 is 2.79 bits per heavy atom. The van der Waals surface area contributed by atoms with Crippen molar-refractivity contribution < 1.29 is 14.3 Å². The molecule has 1 amide bonds. The van der Waals surface area contributed by atoms with Crippen molar-refractivity contribution in [1.29, 1.82) is 0 Å². The molecule has 1 fully saturated rings. The van der Waals surface area contributed by atoms with Crippen LogP contribution in [0.2, 0.25) is 0 Å². The molecule has 1 aliphatic heterocycles. The van der Waals surface area contributed by atoms with Gasteiger partial charge in [0.05, 0.1) is 7.11 Å². The molecule has 19 heavy (non-hydrogen) atoms. The molecule has 5 nitrogen and oxygen atoms in total. The van der Waals surface area contributed by atoms with E-state index in [1.165, 1.54) is 0 Å². The summed E-state index contributed by atoms with van der Waals surface area (Å²) in [5, 5.41) is 4.28. The molecule has 0 saturated carbocycles. The van der Waals surface area contributed by atoms with Crippen LogP contribution in [0.3, 0.4) is 0 Å². The maximum Gasteiger partial charge on any atom is 0.410 e. The third-order valence-electron chi connectivity index (χ3n) is 3.05. The fraction of sp³-hybridized carbons (Fsp3) is 0.500. The van der Waals surface area contributed by atoms with E-state index < -0.39 is 0 Å². The first-order valence-electron chi connectivity index (χ1n) is 6.47. The van der Waals surface area contributed by atoms with Crippen molar-refractivity contribution >= 4 is 6.09 Å². The quantitative estimate of drug-likeness (QED) is 0.833. The molecule has 0 unspecified atom stereocenters. The Morgan fingerprint density at radius 1 is 1.26 bits per heavy atom. The Bertz CT molecular complexity index is 398. The van der Waals surface area contributed by atoms with E-state index in [-0.39, 0.29) is 12.7 Å². The van der Waals surface area contributed by atoms with Crippen LogP contribution in [0.5, 0.6) is 5.75 Å². The molecular weight excluding hydrogens is 244 g/mol. The molecule has 1 radical (unpaired) electrons. The summed E-state index contributed by atoms with van der Waals surface area (Å²) in [6.45, 7) is 3.21. The van der Waals surface area contributed by atoms with E-state index in [0.29, 0.717) is 13.1 Å². The molecule has 103 valence electrons. The normalized spacial score (nSPS) is 15.7. The van der Waals surface area contributed by atoms with Gasteiger partial charge < -0.3 is 14.4 Å². The molecule has 1 aromatic carbocycles. The number of amides is 1. The lowest BCUT2D eigenvalue weighted by Crippen LogP contribution is -2.34. The number of carbonyl (C=O) groups excluding carboxylic acids is 1. The molecule has 1 aliphatic rings. The van der Waals surface area contributed by atoms with Crippen molar-refractivity contribution in [2.75, 3.05) is 33.3 Å². The van der Waals surface area contributed by atoms with Crippen LogP contribution in [0.1, 0.15) is 12.0 Å². The van der Waals surface area contributed by atoms with Gasteiger partial charge in [0.15, 0.2) is 0 Å². The van der Waals surface area contributed by atoms with E-state index in [4.69, 9.17) is 9.47 Å². The van der Waals surface area contributed by atoms with Crippen LogP contribution in [-0.4, -0.2) is 44.3 Å². The van der Waals surface area contributed by atoms with Gasteiger partial charge in [-0.15, -0.1) is 0 Å². The number of rotatable bonds is 3. The standard InChI is InChI=1S/C14H19N2O3/c1-18-13-5-3-12(4-6-13)11-19-14(17)16-9-2-7-15-8-10-16/h3-6H,2,7-11H2,1H3. The summed E-state index contributed by atoms with van der Waals surface area (Å²) in [4.78, 5) is 13.6. The Morgan fingerprint density at radius 2 is 2.05 bits per heavy atom. The van der Waals surface area contributed by atoms with Gasteiger partial charge >= 0.3 is 6.09 Å². The second kappa shape index (κ2) is 6.99. The highest BCUT2D eigenvalue weighted by molar-refractivity contribution is 5.67. The smallest absolute Gasteiger partial charge is 0.410 e. The second-order valence-electron chi connectivity index (χ2n) is 4.41. The van der Waals surface area contributed by atoms with Crippen molar-refractivity contribution in [3.05, 3.63) is 29.8 Å². The van der Waals surface area contributed by atoms with Gasteiger partial charge in [-0.1, -0.05) is 12.1 Å². The highest BCUT2D eigenvalue weighted by Crippen LogP contribution is 2.12. The lowest BCUT2D eigenvalue weighted by molar-refractivity contribution is 0.0984. The Labute approximate surface area is 113 Å². The third kappa shape index (κ3) is 4.13. The van der Waals surface area contributed by atoms with E-state index in [2.05, 4.69) is 5.32 Å². The molecule has 0 N–H and O–H groups in total. The molecule has 0 atom stereocenters. The first-order chi connectivity index (χ1) is 9.29. The minimum Gasteiger partial charge on any atom is -0.497 e. The third-order valence-corrected chi connectivity index (χ3v) is 3.05. The van der Waals surface area contributed by atoms with Crippen molar-refractivity contribution in [2.24, 2.45) is 0 Å². The summed E-state index contributed by atoms with van der Waals surface area (Å²) in [5.74, 6) is 0.796. The van der Waals surface area contributed by atoms with Crippen LogP contribution >= 0.6 is 0 Å². The molecule has 2 rings (SSSR count). The van der Waals surface area contributed by atoms with Crippen LogP contribution in [0, 0.1) is 0 Å². The van der Waals surface area contributed by atoms with Gasteiger partial charge in [0, 0.05) is 26.2 Å². The van der Waals surface area contributed by atoms with Gasteiger partial charge in [-0.25, -0.2) is 10.1 Å². The van der Waals surface area contributed by atoms with Gasteiger partial charge in [0.25, 0.3) is 0 Å². The number of methoxy groups -OCH3 is 1. The van der Waals surface area contributed by atoms with Crippen LogP contribution in [0.4, 0.5) is 4.79 Å². The zero-order chi connectivity index (χ0) is 13.5. The fourth-order valence-electron chi connectivity index (χ4n) is 1.93. The highest BCUT2D eigenvalue weighted by atomic mass is 16.6. The van der Waals surface area contributed by atoms with Crippen molar-refractivity contribution in [2.45, 2.75) is 13.0 Å². The molecule has 1 heterocycles. The largest absolute Gasteiger partial charge is 0.497 e. The van der Waals surface area contributed by atoms with Crippen LogP contribution in [0.25, 0.3) is 0 Å². The SMILES string of the molecule is COc1ccc(COC(=O)N2CCC[N]CC2)cc1. The number of hydrogen-bond donors (Lipinski definition) is 0. The zero-order valence-corrected chi connectivity index (χ0v) is 11.2. The van der Waals surface area contributed by atoms with E-state index in [1.807, 2.05) is 24.3 Å². The van der Waals surface area contributed by atoms with Gasteiger partial charge in [-0.2, -0.15) is 0 Å². The Kier molecular flexibility index (Phi) is 5.03. The number of benzene rings is 1. The van der Waals surface area contributed by atoms with E-state index in [9.17, 15) is 4.79 Å². The molecule has 0 aliphatic carbocycles. The van der Waals surface area contributed by atoms with Crippen molar-refractivity contribution in [3.8, 4) is 5.75 Å². The first kappa shape index (κ1) is 13.7. The highest BCUT2D eigenvalue weighted by Gasteiger charge is 2.16. The zero-order valence-electron chi connectivity index (χ0n) is 11.2. The number of hydrogen-bond acceptors (Lipinski definition) is 3. The predicted octanol–water partition coefficient (Wildman–Crippen LogP) is 1.64. The minimum atomic E-state index is -0.257. The van der Waals surface area contributed by atoms with Gasteiger partial charge in [-0.05, 0) is 24.1 Å². The summed E-state index contributed by atoms with van der Waals surface area (Å²) in [5.41, 5.74) is 0.952. The van der Waals surface area contributed by atoms with E-state index >= 15 is 0 Å². The van der Waals surface area contributed by atoms with Crippen molar-refractivity contribution in [3.63, 3.8) is 0 Å². The Hall–Kier alpha value is -1.75. The fourth-order valence-corrected chi connectivity index (χ4v) is 1.93. The monoisotopic (exact) mass is 263 g/mol. The maximum absolute atomic E-state index is 11.9. The summed E-state index contributed by atoms with van der Waals surface area (Å²) < 4.78 is 10.4. The average molecular weight is 263 g/mol. The lowest BCUT2D eigenvalue weighted by Gasteiger charge is -2.19. The number of nitrogens with zero attached hydrogens (tertiary/aromatic N) is 2. The predicted molar refractivity (Wildman–Crippen MR) is 71.2 cm³/mol. The number of ether oxygens (including phenoxy) is 2. The van der Waals surface area contributed by atoms with Crippen LogP contribution in [0.15, 0.2) is 24.3 Å². The minimum absolute atomic E-state index is 0.257. The molecule has 5 heteroatoms. The van der Waals surface area contributed by atoms with Gasteiger partial charge in [0.2, 0.25) is 0 Å². The summed E-state index contributed by atoms with van der Waals surface area (Å²) in [6, 6.07) is 7.50. The molecule has 0 aromatic heterocycles. The van der Waals surface area contributed by atoms with Gasteiger partial charge in [0.1, 0.15) is 12.4 Å². The molecular formula is C14H19N2O3. The molecule has 1 aromatic rings. The van der Waals surface area contributed by atoms with Crippen molar-refractivity contribution in [1.82, 2.24) is 10.2 Å². The summed E-state index contributed by atoms with van der Waals surface area (Å²) in [6.07, 6.45) is 0.658. The van der Waals surface area contributed by atoms with E-state index in [1.54, 1.807) is 12.0 Å². The first-order valence-corrected chi connectivity index (χ1v) is 6.47. The molecule has 0 spiro atoms. The topological polar surface area (TPSA) is 52.9 Å². The lowest BCUT2D eigenvalue weighted by atomic mass is 10.2.